The van der Waals surface area contributed by atoms with Crippen molar-refractivity contribution in [2.75, 3.05) is 21.3 Å². The lowest BCUT2D eigenvalue weighted by atomic mass is 9.93. The fraction of sp³-hybridized carbons (Fsp3) is 0.571. The molecular weight excluding hydrogens is 228 g/mol. The van der Waals surface area contributed by atoms with E-state index in [-0.39, 0.29) is 11.6 Å². The van der Waals surface area contributed by atoms with Crippen LogP contribution >= 0.6 is 0 Å². The zero-order valence-corrected chi connectivity index (χ0v) is 11.5. The summed E-state index contributed by atoms with van der Waals surface area (Å²) in [5, 5.41) is 3.33. The highest BCUT2D eigenvalue weighted by molar-refractivity contribution is 5.49. The van der Waals surface area contributed by atoms with Crippen molar-refractivity contribution in [1.29, 1.82) is 0 Å². The van der Waals surface area contributed by atoms with Gasteiger partial charge in [-0.05, 0) is 38.4 Å². The van der Waals surface area contributed by atoms with Crippen LogP contribution < -0.4 is 20.5 Å². The molecule has 0 aliphatic heterocycles. The summed E-state index contributed by atoms with van der Waals surface area (Å²) in [6, 6.07) is 4.06. The molecule has 4 nitrogen and oxygen atoms in total. The van der Waals surface area contributed by atoms with Crippen molar-refractivity contribution >= 4 is 0 Å². The number of nitrogens with two attached hydrogens (primary N) is 1. The van der Waals surface area contributed by atoms with Crippen LogP contribution in [-0.2, 0) is 0 Å². The molecule has 1 atom stereocenters. The molecule has 1 fully saturated rings. The molecule has 2 rings (SSSR count). The standard InChI is InChI=1S/C14H22N2O2/c1-9-7-10(17-3)8-11(18-4)12(9)13(16-2)14(15)5-6-14/h7-8,13,16H,5-6,15H2,1-4H3. The Hall–Kier alpha value is -1.26. The van der Waals surface area contributed by atoms with E-state index in [4.69, 9.17) is 15.2 Å². The number of aryl methyl sites for hydroxylation is 1. The summed E-state index contributed by atoms with van der Waals surface area (Å²) in [5.74, 6) is 1.65. The third-order valence-corrected chi connectivity index (χ3v) is 3.76. The Morgan fingerprint density at radius 3 is 2.39 bits per heavy atom. The third-order valence-electron chi connectivity index (χ3n) is 3.76. The number of benzene rings is 1. The van der Waals surface area contributed by atoms with Crippen LogP contribution in [0.15, 0.2) is 12.1 Å². The number of rotatable bonds is 5. The average Bonchev–Trinajstić information content (AvgIpc) is 3.10. The van der Waals surface area contributed by atoms with Crippen LogP contribution in [0.1, 0.15) is 30.0 Å². The molecule has 1 unspecified atom stereocenters. The van der Waals surface area contributed by atoms with Gasteiger partial charge in [-0.3, -0.25) is 0 Å². The molecule has 100 valence electrons. The SMILES string of the molecule is CNC(c1c(C)cc(OC)cc1OC)C1(N)CC1. The maximum Gasteiger partial charge on any atom is 0.127 e. The summed E-state index contributed by atoms with van der Waals surface area (Å²) < 4.78 is 10.8. The molecule has 0 amide bonds. The first-order valence-corrected chi connectivity index (χ1v) is 6.24. The van der Waals surface area contributed by atoms with Crippen molar-refractivity contribution in [3.63, 3.8) is 0 Å². The van der Waals surface area contributed by atoms with Crippen molar-refractivity contribution < 1.29 is 9.47 Å². The first-order valence-electron chi connectivity index (χ1n) is 6.24. The monoisotopic (exact) mass is 250 g/mol. The predicted molar refractivity (Wildman–Crippen MR) is 72.2 cm³/mol. The molecule has 1 aliphatic rings. The number of hydrogen-bond donors (Lipinski definition) is 2. The Labute approximate surface area is 108 Å². The maximum absolute atomic E-state index is 6.35. The Kier molecular flexibility index (Phi) is 3.50. The van der Waals surface area contributed by atoms with Crippen LogP contribution in [0.3, 0.4) is 0 Å². The molecule has 0 radical (unpaired) electrons. The lowest BCUT2D eigenvalue weighted by Gasteiger charge is -2.27. The van der Waals surface area contributed by atoms with Gasteiger partial charge < -0.3 is 20.5 Å². The van der Waals surface area contributed by atoms with Gasteiger partial charge in [-0.15, -0.1) is 0 Å². The summed E-state index contributed by atoms with van der Waals surface area (Å²) in [6.07, 6.45) is 2.10. The second-order valence-corrected chi connectivity index (χ2v) is 5.02. The number of methoxy groups -OCH3 is 2. The first kappa shape index (κ1) is 13.2. The van der Waals surface area contributed by atoms with Crippen LogP contribution in [0, 0.1) is 6.92 Å². The van der Waals surface area contributed by atoms with E-state index < -0.39 is 0 Å². The van der Waals surface area contributed by atoms with Crippen LogP contribution in [0.5, 0.6) is 11.5 Å². The summed E-state index contributed by atoms with van der Waals surface area (Å²) in [4.78, 5) is 0. The number of nitrogens with one attached hydrogen (secondary N) is 1. The van der Waals surface area contributed by atoms with Crippen molar-refractivity contribution in [3.05, 3.63) is 23.3 Å². The topological polar surface area (TPSA) is 56.5 Å². The Balaban J connectivity index is 2.48. The highest BCUT2D eigenvalue weighted by Gasteiger charge is 2.47. The molecule has 1 aromatic rings. The van der Waals surface area contributed by atoms with Crippen LogP contribution in [0.25, 0.3) is 0 Å². The molecule has 1 aromatic carbocycles. The van der Waals surface area contributed by atoms with E-state index in [1.165, 1.54) is 0 Å². The molecule has 4 heteroatoms. The van der Waals surface area contributed by atoms with Crippen molar-refractivity contribution in [2.24, 2.45) is 5.73 Å². The Morgan fingerprint density at radius 1 is 1.28 bits per heavy atom. The van der Waals surface area contributed by atoms with Gasteiger partial charge in [0.1, 0.15) is 11.5 Å². The molecule has 0 spiro atoms. The van der Waals surface area contributed by atoms with Crippen molar-refractivity contribution in [1.82, 2.24) is 5.32 Å². The largest absolute Gasteiger partial charge is 0.497 e. The zero-order chi connectivity index (χ0) is 13.3. The van der Waals surface area contributed by atoms with E-state index in [0.717, 1.165) is 35.5 Å². The van der Waals surface area contributed by atoms with E-state index in [1.807, 2.05) is 19.2 Å². The van der Waals surface area contributed by atoms with E-state index in [1.54, 1.807) is 14.2 Å². The van der Waals surface area contributed by atoms with E-state index >= 15 is 0 Å². The smallest absolute Gasteiger partial charge is 0.127 e. The van der Waals surface area contributed by atoms with Crippen molar-refractivity contribution in [2.45, 2.75) is 31.3 Å². The fourth-order valence-electron chi connectivity index (χ4n) is 2.54. The lowest BCUT2D eigenvalue weighted by molar-refractivity contribution is 0.374. The maximum atomic E-state index is 6.35. The summed E-state index contributed by atoms with van der Waals surface area (Å²) in [7, 11) is 5.29. The number of ether oxygens (including phenoxy) is 2. The van der Waals surface area contributed by atoms with Crippen molar-refractivity contribution in [3.8, 4) is 11.5 Å². The molecule has 0 saturated heterocycles. The minimum atomic E-state index is -0.138. The quantitative estimate of drug-likeness (QED) is 0.836. The lowest BCUT2D eigenvalue weighted by Crippen LogP contribution is -2.39. The Bertz CT molecular complexity index is 442. The van der Waals surface area contributed by atoms with Crippen LogP contribution in [-0.4, -0.2) is 26.8 Å². The van der Waals surface area contributed by atoms with Gasteiger partial charge in [0.15, 0.2) is 0 Å². The van der Waals surface area contributed by atoms with Gasteiger partial charge in [-0.2, -0.15) is 0 Å². The minimum absolute atomic E-state index is 0.123. The van der Waals surface area contributed by atoms with Gasteiger partial charge in [0.25, 0.3) is 0 Å². The minimum Gasteiger partial charge on any atom is -0.497 e. The normalized spacial score (nSPS) is 18.3. The number of likely N-dealkylation sites (N-methyl/N-ethyl adjacent to an activating group) is 1. The van der Waals surface area contributed by atoms with E-state index in [9.17, 15) is 0 Å². The second kappa shape index (κ2) is 4.78. The average molecular weight is 250 g/mol. The fourth-order valence-corrected chi connectivity index (χ4v) is 2.54. The molecule has 3 N–H and O–H groups in total. The predicted octanol–water partition coefficient (Wildman–Crippen LogP) is 1.76. The molecule has 0 aromatic heterocycles. The van der Waals surface area contributed by atoms with Gasteiger partial charge in [0.05, 0.1) is 20.3 Å². The van der Waals surface area contributed by atoms with Gasteiger partial charge in [0, 0.05) is 17.2 Å². The summed E-state index contributed by atoms with van der Waals surface area (Å²) in [6.45, 7) is 2.07. The van der Waals surface area contributed by atoms with Crippen LogP contribution in [0.4, 0.5) is 0 Å². The third kappa shape index (κ3) is 2.18. The van der Waals surface area contributed by atoms with E-state index in [0.29, 0.717) is 0 Å². The van der Waals surface area contributed by atoms with Gasteiger partial charge in [0.2, 0.25) is 0 Å². The summed E-state index contributed by atoms with van der Waals surface area (Å²) in [5.41, 5.74) is 8.49. The van der Waals surface area contributed by atoms with Gasteiger partial charge in [-0.25, -0.2) is 0 Å². The first-order chi connectivity index (χ1) is 8.55. The molecule has 1 aliphatic carbocycles. The second-order valence-electron chi connectivity index (χ2n) is 5.02. The molecule has 1 saturated carbocycles. The molecule has 0 heterocycles. The van der Waals surface area contributed by atoms with Crippen LogP contribution in [0.2, 0.25) is 0 Å². The highest BCUT2D eigenvalue weighted by Crippen LogP contribution is 2.47. The molecular formula is C14H22N2O2. The highest BCUT2D eigenvalue weighted by atomic mass is 16.5. The Morgan fingerprint density at radius 2 is 1.94 bits per heavy atom. The summed E-state index contributed by atoms with van der Waals surface area (Å²) >= 11 is 0. The van der Waals surface area contributed by atoms with E-state index in [2.05, 4.69) is 12.2 Å². The molecule has 18 heavy (non-hydrogen) atoms. The molecule has 0 bridgehead atoms. The van der Waals surface area contributed by atoms with Gasteiger partial charge in [-0.1, -0.05) is 0 Å². The zero-order valence-electron chi connectivity index (χ0n) is 11.5. The number of hydrogen-bond acceptors (Lipinski definition) is 4. The van der Waals surface area contributed by atoms with Gasteiger partial charge >= 0.3 is 0 Å².